The zero-order chi connectivity index (χ0) is 18.3. The monoisotopic (exact) mass is 337 g/mol. The van der Waals surface area contributed by atoms with Gasteiger partial charge in [0.2, 0.25) is 0 Å². The summed E-state index contributed by atoms with van der Waals surface area (Å²) in [7, 11) is 2.91. The van der Waals surface area contributed by atoms with Crippen molar-refractivity contribution in [2.45, 2.75) is 52.2 Å². The van der Waals surface area contributed by atoms with Gasteiger partial charge in [0.25, 0.3) is 0 Å². The fourth-order valence-electron chi connectivity index (χ4n) is 2.26. The molecule has 0 radical (unpaired) electrons. The third-order valence-electron chi connectivity index (χ3n) is 3.34. The number of hydrogen-bond donors (Lipinski definition) is 1. The van der Waals surface area contributed by atoms with E-state index in [1.807, 2.05) is 25.1 Å². The fourth-order valence-corrected chi connectivity index (χ4v) is 2.26. The van der Waals surface area contributed by atoms with Crippen LogP contribution in [0.4, 0.5) is 4.79 Å². The summed E-state index contributed by atoms with van der Waals surface area (Å²) in [5.41, 5.74) is 1.30. The minimum Gasteiger partial charge on any atom is -0.496 e. The molecule has 0 aliphatic carbocycles. The normalized spacial score (nSPS) is 12.2. The van der Waals surface area contributed by atoms with Crippen molar-refractivity contribution in [3.63, 3.8) is 0 Å². The number of ether oxygens (including phenoxy) is 3. The van der Waals surface area contributed by atoms with Crippen LogP contribution < -0.4 is 10.1 Å². The van der Waals surface area contributed by atoms with Crippen molar-refractivity contribution in [3.8, 4) is 5.75 Å². The molecule has 0 saturated carbocycles. The summed E-state index contributed by atoms with van der Waals surface area (Å²) in [6, 6.07) is 4.87. The van der Waals surface area contributed by atoms with Crippen LogP contribution in [0.1, 0.15) is 38.8 Å². The molecule has 0 aliphatic rings. The second kappa shape index (κ2) is 8.57. The van der Waals surface area contributed by atoms with Crippen molar-refractivity contribution >= 4 is 12.1 Å². The predicted molar refractivity (Wildman–Crippen MR) is 91.2 cm³/mol. The highest BCUT2D eigenvalue weighted by molar-refractivity contribution is 5.81. The van der Waals surface area contributed by atoms with Crippen LogP contribution in [0, 0.1) is 0 Å². The number of carbonyl (C=O) groups is 2. The highest BCUT2D eigenvalue weighted by Gasteiger charge is 2.25. The molecule has 24 heavy (non-hydrogen) atoms. The maximum absolute atomic E-state index is 12.0. The summed E-state index contributed by atoms with van der Waals surface area (Å²) in [6.45, 7) is 7.31. The smallest absolute Gasteiger partial charge is 0.408 e. The third-order valence-corrected chi connectivity index (χ3v) is 3.34. The van der Waals surface area contributed by atoms with Gasteiger partial charge in [0.05, 0.1) is 14.2 Å². The van der Waals surface area contributed by atoms with Gasteiger partial charge in [-0.25, -0.2) is 9.59 Å². The molecule has 1 aromatic rings. The van der Waals surface area contributed by atoms with Gasteiger partial charge in [0.15, 0.2) is 0 Å². The molecule has 6 heteroatoms. The van der Waals surface area contributed by atoms with Crippen LogP contribution in [0.15, 0.2) is 18.2 Å². The lowest BCUT2D eigenvalue weighted by Crippen LogP contribution is -2.45. The van der Waals surface area contributed by atoms with Crippen molar-refractivity contribution in [1.82, 2.24) is 5.32 Å². The molecular weight excluding hydrogens is 310 g/mol. The van der Waals surface area contributed by atoms with E-state index in [1.54, 1.807) is 27.9 Å². The summed E-state index contributed by atoms with van der Waals surface area (Å²) in [6.07, 6.45) is 0.463. The number of rotatable bonds is 6. The minimum absolute atomic E-state index is 0.308. The van der Waals surface area contributed by atoms with Gasteiger partial charge in [-0.2, -0.15) is 0 Å². The molecule has 0 fully saturated rings. The highest BCUT2D eigenvalue weighted by atomic mass is 16.6. The summed E-state index contributed by atoms with van der Waals surface area (Å²) in [4.78, 5) is 23.9. The van der Waals surface area contributed by atoms with E-state index in [1.165, 1.54) is 7.11 Å². The highest BCUT2D eigenvalue weighted by Crippen LogP contribution is 2.21. The number of amides is 1. The Labute approximate surface area is 143 Å². The molecule has 1 atom stereocenters. The van der Waals surface area contributed by atoms with Crippen molar-refractivity contribution < 1.29 is 23.8 Å². The van der Waals surface area contributed by atoms with Gasteiger partial charge in [-0.05, 0) is 44.4 Å². The van der Waals surface area contributed by atoms with E-state index >= 15 is 0 Å². The van der Waals surface area contributed by atoms with Gasteiger partial charge in [0.1, 0.15) is 17.4 Å². The molecule has 0 heterocycles. The Bertz CT molecular complexity index is 577. The molecule has 1 amide bonds. The Morgan fingerprint density at radius 3 is 2.38 bits per heavy atom. The first-order valence-electron chi connectivity index (χ1n) is 7.93. The quantitative estimate of drug-likeness (QED) is 0.808. The number of benzene rings is 1. The number of alkyl carbamates (subject to hydrolysis) is 1. The van der Waals surface area contributed by atoms with Crippen LogP contribution in [-0.2, 0) is 27.1 Å². The first-order valence-corrected chi connectivity index (χ1v) is 7.93. The maximum Gasteiger partial charge on any atom is 0.408 e. The van der Waals surface area contributed by atoms with Crippen LogP contribution in [0.3, 0.4) is 0 Å². The molecule has 0 aliphatic heterocycles. The van der Waals surface area contributed by atoms with E-state index in [-0.39, 0.29) is 0 Å². The lowest BCUT2D eigenvalue weighted by Gasteiger charge is -2.22. The van der Waals surface area contributed by atoms with Gasteiger partial charge in [-0.3, -0.25) is 0 Å². The molecule has 1 aromatic carbocycles. The van der Waals surface area contributed by atoms with Crippen LogP contribution >= 0.6 is 0 Å². The predicted octanol–water partition coefficient (Wildman–Crippen LogP) is 2.87. The number of esters is 1. The van der Waals surface area contributed by atoms with Gasteiger partial charge in [0, 0.05) is 6.42 Å². The molecular formula is C18H27NO5. The lowest BCUT2D eigenvalue weighted by atomic mass is 10.0. The molecule has 0 spiro atoms. The molecule has 0 aromatic heterocycles. The number of aryl methyl sites for hydroxylation is 1. The van der Waals surface area contributed by atoms with Crippen molar-refractivity contribution in [1.29, 1.82) is 0 Å². The maximum atomic E-state index is 12.0. The Balaban J connectivity index is 2.90. The molecule has 0 unspecified atom stereocenters. The number of carbonyl (C=O) groups excluding carboxylic acids is 2. The van der Waals surface area contributed by atoms with E-state index in [0.29, 0.717) is 6.42 Å². The summed E-state index contributed by atoms with van der Waals surface area (Å²) < 4.78 is 15.3. The molecule has 0 saturated heterocycles. The van der Waals surface area contributed by atoms with Gasteiger partial charge in [-0.15, -0.1) is 0 Å². The van der Waals surface area contributed by atoms with Crippen molar-refractivity contribution in [2.75, 3.05) is 14.2 Å². The first-order chi connectivity index (χ1) is 11.2. The molecule has 6 nitrogen and oxygen atoms in total. The van der Waals surface area contributed by atoms with Gasteiger partial charge < -0.3 is 19.5 Å². The number of methoxy groups -OCH3 is 2. The largest absolute Gasteiger partial charge is 0.496 e. The van der Waals surface area contributed by atoms with E-state index in [0.717, 1.165) is 23.3 Å². The lowest BCUT2D eigenvalue weighted by molar-refractivity contribution is -0.143. The van der Waals surface area contributed by atoms with Crippen molar-refractivity contribution in [2.24, 2.45) is 0 Å². The van der Waals surface area contributed by atoms with E-state index in [4.69, 9.17) is 14.2 Å². The SMILES string of the molecule is CCc1cc(C[C@@H](NC(=O)OC(C)(C)C)C(=O)OC)ccc1OC. The second-order valence-corrected chi connectivity index (χ2v) is 6.43. The number of nitrogens with one attached hydrogen (secondary N) is 1. The van der Waals surface area contributed by atoms with Gasteiger partial charge in [-0.1, -0.05) is 19.1 Å². The Hall–Kier alpha value is -2.24. The van der Waals surface area contributed by atoms with Crippen LogP contribution in [0.25, 0.3) is 0 Å². The van der Waals surface area contributed by atoms with E-state index in [2.05, 4.69) is 5.32 Å². The van der Waals surface area contributed by atoms with Gasteiger partial charge >= 0.3 is 12.1 Å². The zero-order valence-electron chi connectivity index (χ0n) is 15.3. The fraction of sp³-hybridized carbons (Fsp3) is 0.556. The van der Waals surface area contributed by atoms with Crippen LogP contribution in [0.5, 0.6) is 5.75 Å². The standard InChI is InChI=1S/C18H27NO5/c1-7-13-10-12(8-9-15(13)22-5)11-14(16(20)23-6)19-17(21)24-18(2,3)4/h8-10,14H,7,11H2,1-6H3,(H,19,21)/t14-/m1/s1. The topological polar surface area (TPSA) is 73.9 Å². The summed E-state index contributed by atoms with van der Waals surface area (Å²) >= 11 is 0. The molecule has 1 N–H and O–H groups in total. The van der Waals surface area contributed by atoms with E-state index in [9.17, 15) is 9.59 Å². The van der Waals surface area contributed by atoms with Crippen molar-refractivity contribution in [3.05, 3.63) is 29.3 Å². The molecule has 134 valence electrons. The minimum atomic E-state index is -0.817. The molecule has 1 rings (SSSR count). The zero-order valence-corrected chi connectivity index (χ0v) is 15.3. The van der Waals surface area contributed by atoms with E-state index < -0.39 is 23.7 Å². The number of hydrogen-bond acceptors (Lipinski definition) is 5. The van der Waals surface area contributed by atoms with Crippen LogP contribution in [0.2, 0.25) is 0 Å². The van der Waals surface area contributed by atoms with Crippen LogP contribution in [-0.4, -0.2) is 37.9 Å². The average molecular weight is 337 g/mol. The average Bonchev–Trinajstić information content (AvgIpc) is 2.51. The second-order valence-electron chi connectivity index (χ2n) is 6.43. The summed E-state index contributed by atoms with van der Waals surface area (Å²) in [5.74, 6) is 0.283. The Kier molecular flexibility index (Phi) is 7.07. The first kappa shape index (κ1) is 19.8. The third kappa shape index (κ3) is 6.10. The molecule has 0 bridgehead atoms. The Morgan fingerprint density at radius 2 is 1.88 bits per heavy atom. The Morgan fingerprint density at radius 1 is 1.21 bits per heavy atom. The summed E-state index contributed by atoms with van der Waals surface area (Å²) in [5, 5.41) is 2.57.